The maximum absolute atomic E-state index is 12.2. The lowest BCUT2D eigenvalue weighted by atomic mass is 10.0. The fourth-order valence-electron chi connectivity index (χ4n) is 2.38. The van der Waals surface area contributed by atoms with Crippen LogP contribution in [0.4, 0.5) is 0 Å². The van der Waals surface area contributed by atoms with E-state index in [1.54, 1.807) is 0 Å². The van der Waals surface area contributed by atoms with Crippen LogP contribution in [-0.4, -0.2) is 49.7 Å². The van der Waals surface area contributed by atoms with Crippen LogP contribution in [-0.2, 0) is 9.53 Å². The number of carbonyl (C=O) groups excluding carboxylic acids is 1. The second-order valence-electron chi connectivity index (χ2n) is 4.36. The molecule has 2 atom stereocenters. The van der Waals surface area contributed by atoms with Crippen molar-refractivity contribution in [2.75, 3.05) is 32.8 Å². The Hall–Kier alpha value is -0.320. The Morgan fingerprint density at radius 1 is 1.56 bits per heavy atom. The second-order valence-corrected chi connectivity index (χ2v) is 4.36. The van der Waals surface area contributed by atoms with Crippen LogP contribution >= 0.6 is 12.4 Å². The molecule has 94 valence electrons. The molecule has 4 nitrogen and oxygen atoms in total. The molecule has 1 unspecified atom stereocenters. The van der Waals surface area contributed by atoms with Gasteiger partial charge in [0.15, 0.2) is 0 Å². The Bertz CT molecular complexity index is 232. The van der Waals surface area contributed by atoms with E-state index in [4.69, 9.17) is 4.74 Å². The lowest BCUT2D eigenvalue weighted by molar-refractivity contribution is -0.143. The summed E-state index contributed by atoms with van der Waals surface area (Å²) in [7, 11) is 0. The smallest absolute Gasteiger partial charge is 0.227 e. The zero-order chi connectivity index (χ0) is 10.7. The second kappa shape index (κ2) is 6.42. The van der Waals surface area contributed by atoms with E-state index in [1.807, 2.05) is 4.90 Å². The summed E-state index contributed by atoms with van der Waals surface area (Å²) in [5, 5.41) is 3.25. The third-order valence-corrected chi connectivity index (χ3v) is 3.39. The van der Waals surface area contributed by atoms with Gasteiger partial charge in [-0.2, -0.15) is 0 Å². The average molecular weight is 249 g/mol. The van der Waals surface area contributed by atoms with Gasteiger partial charge in [0, 0.05) is 13.1 Å². The van der Waals surface area contributed by atoms with Crippen LogP contribution in [0.1, 0.15) is 19.8 Å². The number of carbonyl (C=O) groups is 1. The van der Waals surface area contributed by atoms with Gasteiger partial charge in [-0.3, -0.25) is 4.79 Å². The van der Waals surface area contributed by atoms with Crippen LogP contribution in [0.2, 0.25) is 0 Å². The molecule has 0 aromatic carbocycles. The number of hydrogen-bond donors (Lipinski definition) is 1. The molecule has 0 saturated carbocycles. The van der Waals surface area contributed by atoms with Crippen molar-refractivity contribution in [2.45, 2.75) is 25.8 Å². The van der Waals surface area contributed by atoms with E-state index >= 15 is 0 Å². The molecule has 2 saturated heterocycles. The normalized spacial score (nSPS) is 29.9. The first-order valence-corrected chi connectivity index (χ1v) is 5.92. The SMILES string of the molecule is CCC1COCCN1C(=O)[C@H]1CCNC1.Cl. The summed E-state index contributed by atoms with van der Waals surface area (Å²) in [5.74, 6) is 0.535. The standard InChI is InChI=1S/C11H20N2O2.ClH/c1-2-10-8-15-6-5-13(10)11(14)9-3-4-12-7-9;/h9-10,12H,2-8H2,1H3;1H/t9-,10?;/m0./s1. The molecule has 5 heteroatoms. The maximum Gasteiger partial charge on any atom is 0.227 e. The Morgan fingerprint density at radius 3 is 3.00 bits per heavy atom. The van der Waals surface area contributed by atoms with E-state index in [0.717, 1.165) is 32.5 Å². The van der Waals surface area contributed by atoms with Crippen molar-refractivity contribution >= 4 is 18.3 Å². The zero-order valence-corrected chi connectivity index (χ0v) is 10.6. The third-order valence-electron chi connectivity index (χ3n) is 3.39. The van der Waals surface area contributed by atoms with Gasteiger partial charge in [-0.05, 0) is 19.4 Å². The van der Waals surface area contributed by atoms with Crippen LogP contribution in [0.5, 0.6) is 0 Å². The zero-order valence-electron chi connectivity index (χ0n) is 9.78. The fourth-order valence-corrected chi connectivity index (χ4v) is 2.38. The summed E-state index contributed by atoms with van der Waals surface area (Å²) in [4.78, 5) is 14.2. The molecule has 2 heterocycles. The first-order valence-electron chi connectivity index (χ1n) is 5.92. The number of morpholine rings is 1. The Labute approximate surface area is 103 Å². The molecule has 0 bridgehead atoms. The number of nitrogens with one attached hydrogen (secondary N) is 1. The molecule has 0 aliphatic carbocycles. The largest absolute Gasteiger partial charge is 0.377 e. The number of ether oxygens (including phenoxy) is 1. The molecule has 1 N–H and O–H groups in total. The van der Waals surface area contributed by atoms with E-state index in [-0.39, 0.29) is 18.3 Å². The molecule has 2 aliphatic heterocycles. The molecular formula is C11H21ClN2O2. The molecule has 2 rings (SSSR count). The molecule has 2 fully saturated rings. The summed E-state index contributed by atoms with van der Waals surface area (Å²) >= 11 is 0. The van der Waals surface area contributed by atoms with Crippen molar-refractivity contribution in [3.05, 3.63) is 0 Å². The topological polar surface area (TPSA) is 41.6 Å². The van der Waals surface area contributed by atoms with Crippen LogP contribution in [0, 0.1) is 5.92 Å². The summed E-state index contributed by atoms with van der Waals surface area (Å²) in [5.41, 5.74) is 0. The van der Waals surface area contributed by atoms with Crippen LogP contribution in [0.3, 0.4) is 0 Å². The minimum absolute atomic E-state index is 0. The highest BCUT2D eigenvalue weighted by Gasteiger charge is 2.32. The van der Waals surface area contributed by atoms with Crippen LogP contribution in [0.15, 0.2) is 0 Å². The fraction of sp³-hybridized carbons (Fsp3) is 0.909. The minimum Gasteiger partial charge on any atom is -0.377 e. The number of hydrogen-bond acceptors (Lipinski definition) is 3. The predicted molar refractivity (Wildman–Crippen MR) is 64.8 cm³/mol. The Balaban J connectivity index is 0.00000128. The predicted octanol–water partition coefficient (Wildman–Crippen LogP) is 0.655. The van der Waals surface area contributed by atoms with Crippen molar-refractivity contribution < 1.29 is 9.53 Å². The van der Waals surface area contributed by atoms with Crippen molar-refractivity contribution in [3.8, 4) is 0 Å². The highest BCUT2D eigenvalue weighted by molar-refractivity contribution is 5.85. The molecular weight excluding hydrogens is 228 g/mol. The van der Waals surface area contributed by atoms with Gasteiger partial charge in [0.2, 0.25) is 5.91 Å². The number of halogens is 1. The highest BCUT2D eigenvalue weighted by Crippen LogP contribution is 2.17. The third kappa shape index (κ3) is 2.87. The first-order chi connectivity index (χ1) is 7.33. The van der Waals surface area contributed by atoms with Gasteiger partial charge in [0.1, 0.15) is 0 Å². The van der Waals surface area contributed by atoms with Crippen molar-refractivity contribution in [2.24, 2.45) is 5.92 Å². The van der Waals surface area contributed by atoms with Crippen LogP contribution < -0.4 is 5.32 Å². The van der Waals surface area contributed by atoms with E-state index in [2.05, 4.69) is 12.2 Å². The molecule has 1 amide bonds. The molecule has 0 radical (unpaired) electrons. The van der Waals surface area contributed by atoms with Gasteiger partial charge < -0.3 is 15.0 Å². The molecule has 2 aliphatic rings. The van der Waals surface area contributed by atoms with E-state index in [9.17, 15) is 4.79 Å². The molecule has 0 aromatic heterocycles. The van der Waals surface area contributed by atoms with Gasteiger partial charge in [-0.25, -0.2) is 0 Å². The summed E-state index contributed by atoms with van der Waals surface area (Å²) < 4.78 is 5.41. The minimum atomic E-state index is 0. The summed E-state index contributed by atoms with van der Waals surface area (Å²) in [6.45, 7) is 6.13. The Kier molecular flexibility index (Phi) is 5.52. The van der Waals surface area contributed by atoms with Crippen LogP contribution in [0.25, 0.3) is 0 Å². The van der Waals surface area contributed by atoms with Crippen molar-refractivity contribution in [1.29, 1.82) is 0 Å². The number of nitrogens with zero attached hydrogens (tertiary/aromatic N) is 1. The van der Waals surface area contributed by atoms with Crippen molar-refractivity contribution in [3.63, 3.8) is 0 Å². The number of rotatable bonds is 2. The Morgan fingerprint density at radius 2 is 2.38 bits per heavy atom. The lowest BCUT2D eigenvalue weighted by Gasteiger charge is -2.36. The van der Waals surface area contributed by atoms with Gasteiger partial charge in [-0.15, -0.1) is 12.4 Å². The molecule has 0 aromatic rings. The lowest BCUT2D eigenvalue weighted by Crippen LogP contribution is -2.50. The van der Waals surface area contributed by atoms with E-state index in [1.165, 1.54) is 0 Å². The molecule has 0 spiro atoms. The highest BCUT2D eigenvalue weighted by atomic mass is 35.5. The summed E-state index contributed by atoms with van der Waals surface area (Å²) in [6.07, 6.45) is 1.98. The van der Waals surface area contributed by atoms with Gasteiger partial charge in [0.25, 0.3) is 0 Å². The van der Waals surface area contributed by atoms with E-state index < -0.39 is 0 Å². The summed E-state index contributed by atoms with van der Waals surface area (Å²) in [6, 6.07) is 0.298. The molecule has 16 heavy (non-hydrogen) atoms. The number of amides is 1. The maximum atomic E-state index is 12.2. The monoisotopic (exact) mass is 248 g/mol. The van der Waals surface area contributed by atoms with Gasteiger partial charge >= 0.3 is 0 Å². The van der Waals surface area contributed by atoms with Crippen molar-refractivity contribution in [1.82, 2.24) is 10.2 Å². The van der Waals surface area contributed by atoms with Gasteiger partial charge in [-0.1, -0.05) is 6.92 Å². The van der Waals surface area contributed by atoms with E-state index in [0.29, 0.717) is 25.2 Å². The van der Waals surface area contributed by atoms with Gasteiger partial charge in [0.05, 0.1) is 25.2 Å². The average Bonchev–Trinajstić information content (AvgIpc) is 2.81. The quantitative estimate of drug-likeness (QED) is 0.781. The first kappa shape index (κ1) is 13.7.